The first-order chi connectivity index (χ1) is 10.6. The van der Waals surface area contributed by atoms with Crippen LogP contribution in [0.5, 0.6) is 0 Å². The molecule has 2 heterocycles. The van der Waals surface area contributed by atoms with Crippen LogP contribution in [0, 0.1) is 5.92 Å². The molecular weight excluding hydrogens is 332 g/mol. The molecule has 0 radical (unpaired) electrons. The fraction of sp³-hybridized carbons (Fsp3) is 0.750. The number of carbonyl (C=O) groups excluding carboxylic acids is 1. The van der Waals surface area contributed by atoms with E-state index in [0.29, 0.717) is 6.54 Å². The topological polar surface area (TPSA) is 48.5 Å². The number of hydrogen-bond donors (Lipinski definition) is 1. The second-order valence-electron chi connectivity index (χ2n) is 5.91. The van der Waals surface area contributed by atoms with E-state index in [1.165, 1.54) is 12.8 Å². The number of thiazole rings is 1. The number of carbonyl (C=O) groups is 1. The summed E-state index contributed by atoms with van der Waals surface area (Å²) >= 11 is 1.57. The van der Waals surface area contributed by atoms with Crippen molar-refractivity contribution in [1.82, 2.24) is 15.2 Å². The van der Waals surface area contributed by atoms with Crippen LogP contribution in [-0.2, 0) is 11.3 Å². The number of amides is 1. The molecule has 1 fully saturated rings. The number of aromatic nitrogens is 1. The van der Waals surface area contributed by atoms with Crippen LogP contribution in [0.2, 0.25) is 0 Å². The third-order valence-electron chi connectivity index (χ3n) is 4.24. The zero-order valence-corrected chi connectivity index (χ0v) is 16.0. The molecule has 5 nitrogen and oxygen atoms in total. The van der Waals surface area contributed by atoms with Gasteiger partial charge in [0.1, 0.15) is 0 Å². The second-order valence-corrected chi connectivity index (χ2v) is 6.75. The highest BCUT2D eigenvalue weighted by Gasteiger charge is 2.20. The third-order valence-corrected chi connectivity index (χ3v) is 5.16. The molecule has 1 saturated heterocycles. The Kier molecular flexibility index (Phi) is 9.06. The van der Waals surface area contributed by atoms with Gasteiger partial charge in [-0.15, -0.1) is 23.7 Å². The molecule has 2 rings (SSSR count). The SMILES string of the molecule is CCNCC1CCN(Cc2csc(N(CC)C(C)=O)n2)CC1.Cl. The maximum atomic E-state index is 11.6. The smallest absolute Gasteiger partial charge is 0.225 e. The molecule has 1 N–H and O–H groups in total. The Balaban J connectivity index is 0.00000264. The summed E-state index contributed by atoms with van der Waals surface area (Å²) in [6.07, 6.45) is 2.52. The predicted molar refractivity (Wildman–Crippen MR) is 99.6 cm³/mol. The molecule has 1 aliphatic heterocycles. The summed E-state index contributed by atoms with van der Waals surface area (Å²) in [7, 11) is 0. The number of hydrogen-bond acceptors (Lipinski definition) is 5. The van der Waals surface area contributed by atoms with Gasteiger partial charge in [-0.25, -0.2) is 4.98 Å². The number of piperidine rings is 1. The lowest BCUT2D eigenvalue weighted by molar-refractivity contribution is -0.116. The fourth-order valence-electron chi connectivity index (χ4n) is 2.91. The highest BCUT2D eigenvalue weighted by molar-refractivity contribution is 7.14. The molecule has 1 aliphatic rings. The Morgan fingerprint density at radius 2 is 2.13 bits per heavy atom. The Morgan fingerprint density at radius 1 is 1.43 bits per heavy atom. The Bertz CT molecular complexity index is 474. The van der Waals surface area contributed by atoms with Gasteiger partial charge in [0.15, 0.2) is 5.13 Å². The van der Waals surface area contributed by atoms with Gasteiger partial charge in [-0.2, -0.15) is 0 Å². The van der Waals surface area contributed by atoms with E-state index in [-0.39, 0.29) is 18.3 Å². The molecule has 0 atom stereocenters. The van der Waals surface area contributed by atoms with Gasteiger partial charge in [-0.3, -0.25) is 14.6 Å². The molecule has 0 unspecified atom stereocenters. The van der Waals surface area contributed by atoms with Crippen molar-refractivity contribution in [2.45, 2.75) is 40.2 Å². The van der Waals surface area contributed by atoms with Crippen molar-refractivity contribution in [1.29, 1.82) is 0 Å². The molecule has 0 aromatic carbocycles. The number of nitrogens with one attached hydrogen (secondary N) is 1. The fourth-order valence-corrected chi connectivity index (χ4v) is 3.84. The van der Waals surface area contributed by atoms with Gasteiger partial charge in [0.2, 0.25) is 5.91 Å². The summed E-state index contributed by atoms with van der Waals surface area (Å²) in [5.74, 6) is 0.878. The van der Waals surface area contributed by atoms with E-state index in [9.17, 15) is 4.79 Å². The van der Waals surface area contributed by atoms with Gasteiger partial charge in [0.05, 0.1) is 5.69 Å². The van der Waals surface area contributed by atoms with Gasteiger partial charge in [-0.05, 0) is 51.9 Å². The summed E-state index contributed by atoms with van der Waals surface area (Å²) in [4.78, 5) is 20.4. The van der Waals surface area contributed by atoms with Crippen LogP contribution in [0.3, 0.4) is 0 Å². The van der Waals surface area contributed by atoms with Crippen LogP contribution < -0.4 is 10.2 Å². The van der Waals surface area contributed by atoms with E-state index >= 15 is 0 Å². The number of rotatable bonds is 7. The first-order valence-electron chi connectivity index (χ1n) is 8.29. The molecule has 0 bridgehead atoms. The van der Waals surface area contributed by atoms with Crippen LogP contribution >= 0.6 is 23.7 Å². The van der Waals surface area contributed by atoms with E-state index in [1.54, 1.807) is 23.2 Å². The van der Waals surface area contributed by atoms with Gasteiger partial charge in [0.25, 0.3) is 0 Å². The number of halogens is 1. The minimum absolute atomic E-state index is 0. The highest BCUT2D eigenvalue weighted by Crippen LogP contribution is 2.23. The van der Waals surface area contributed by atoms with Crippen molar-refractivity contribution >= 4 is 34.8 Å². The maximum absolute atomic E-state index is 11.6. The standard InChI is InChI=1S/C16H28N4OS.ClH/c1-4-17-10-14-6-8-19(9-7-14)11-15-12-22-16(18-15)20(5-2)13(3)21;/h12,14,17H,4-11H2,1-3H3;1H. The van der Waals surface area contributed by atoms with Crippen molar-refractivity contribution in [2.75, 3.05) is 37.6 Å². The highest BCUT2D eigenvalue weighted by atomic mass is 35.5. The molecular formula is C16H29ClN4OS. The predicted octanol–water partition coefficient (Wildman–Crippen LogP) is 2.76. The Hall–Kier alpha value is -0.690. The maximum Gasteiger partial charge on any atom is 0.225 e. The monoisotopic (exact) mass is 360 g/mol. The summed E-state index contributed by atoms with van der Waals surface area (Å²) < 4.78 is 0. The number of anilines is 1. The van der Waals surface area contributed by atoms with Crippen LogP contribution in [-0.4, -0.2) is 48.5 Å². The molecule has 1 amide bonds. The first kappa shape index (κ1) is 20.4. The second kappa shape index (κ2) is 10.2. The van der Waals surface area contributed by atoms with Gasteiger partial charge in [-0.1, -0.05) is 6.92 Å². The van der Waals surface area contributed by atoms with Gasteiger partial charge >= 0.3 is 0 Å². The van der Waals surface area contributed by atoms with Crippen molar-refractivity contribution in [3.8, 4) is 0 Å². The minimum atomic E-state index is 0. The molecule has 7 heteroatoms. The van der Waals surface area contributed by atoms with E-state index < -0.39 is 0 Å². The van der Waals surface area contributed by atoms with Crippen molar-refractivity contribution in [3.63, 3.8) is 0 Å². The van der Waals surface area contributed by atoms with Gasteiger partial charge in [0, 0.05) is 25.4 Å². The zero-order valence-electron chi connectivity index (χ0n) is 14.4. The lowest BCUT2D eigenvalue weighted by Crippen LogP contribution is -2.37. The van der Waals surface area contributed by atoms with Crippen molar-refractivity contribution < 1.29 is 4.79 Å². The largest absolute Gasteiger partial charge is 0.317 e. The van der Waals surface area contributed by atoms with E-state index in [2.05, 4.69) is 27.5 Å². The molecule has 1 aromatic heterocycles. The lowest BCUT2D eigenvalue weighted by Gasteiger charge is -2.31. The average molecular weight is 361 g/mol. The van der Waals surface area contributed by atoms with Crippen molar-refractivity contribution in [2.24, 2.45) is 5.92 Å². The van der Waals surface area contributed by atoms with Gasteiger partial charge < -0.3 is 5.32 Å². The minimum Gasteiger partial charge on any atom is -0.317 e. The number of likely N-dealkylation sites (tertiary alicyclic amines) is 1. The summed E-state index contributed by atoms with van der Waals surface area (Å²) in [5.41, 5.74) is 1.09. The molecule has 1 aromatic rings. The lowest BCUT2D eigenvalue weighted by atomic mass is 9.97. The summed E-state index contributed by atoms with van der Waals surface area (Å²) in [5, 5.41) is 6.36. The van der Waals surface area contributed by atoms with E-state index in [0.717, 1.165) is 49.5 Å². The average Bonchev–Trinajstić information content (AvgIpc) is 2.95. The molecule has 0 spiro atoms. The molecule has 23 heavy (non-hydrogen) atoms. The zero-order chi connectivity index (χ0) is 15.9. The van der Waals surface area contributed by atoms with E-state index in [1.807, 2.05) is 6.92 Å². The molecule has 132 valence electrons. The first-order valence-corrected chi connectivity index (χ1v) is 9.17. The quantitative estimate of drug-likeness (QED) is 0.812. The Morgan fingerprint density at radius 3 is 2.70 bits per heavy atom. The molecule has 0 aliphatic carbocycles. The van der Waals surface area contributed by atoms with Crippen LogP contribution in [0.1, 0.15) is 39.3 Å². The van der Waals surface area contributed by atoms with Crippen LogP contribution in [0.25, 0.3) is 0 Å². The van der Waals surface area contributed by atoms with E-state index in [4.69, 9.17) is 0 Å². The van der Waals surface area contributed by atoms with Crippen molar-refractivity contribution in [3.05, 3.63) is 11.1 Å². The van der Waals surface area contributed by atoms with Crippen LogP contribution in [0.4, 0.5) is 5.13 Å². The molecule has 0 saturated carbocycles. The van der Waals surface area contributed by atoms with Crippen LogP contribution in [0.15, 0.2) is 5.38 Å². The Labute approximate surface area is 149 Å². The number of nitrogens with zero attached hydrogens (tertiary/aromatic N) is 3. The summed E-state index contributed by atoms with van der Waals surface area (Å²) in [6, 6.07) is 0. The third kappa shape index (κ3) is 6.03. The summed E-state index contributed by atoms with van der Waals surface area (Å²) in [6.45, 7) is 11.8. The normalized spacial score (nSPS) is 16.1.